The maximum atomic E-state index is 3.88. The molecule has 0 aliphatic rings. The molecular formula is C8H9N7. The second kappa shape index (κ2) is 4.27. The third kappa shape index (κ3) is 2.13. The number of aromatic nitrogens is 6. The second-order valence-corrected chi connectivity index (χ2v) is 2.66. The fraction of sp³-hybridized carbons (Fsp3) is 0.125. The van der Waals surface area contributed by atoms with E-state index in [9.17, 15) is 0 Å². The van der Waals surface area contributed by atoms with Crippen LogP contribution < -0.4 is 5.32 Å². The summed E-state index contributed by atoms with van der Waals surface area (Å²) in [4.78, 5) is 3.87. The lowest BCUT2D eigenvalue weighted by atomic mass is 10.6. The first-order chi connectivity index (χ1) is 7.40. The van der Waals surface area contributed by atoms with Crippen molar-refractivity contribution in [2.45, 2.75) is 0 Å². The van der Waals surface area contributed by atoms with Gasteiger partial charge in [0, 0.05) is 18.9 Å². The number of anilines is 1. The molecule has 76 valence electrons. The van der Waals surface area contributed by atoms with Crippen LogP contribution in [-0.4, -0.2) is 36.5 Å². The van der Waals surface area contributed by atoms with Gasteiger partial charge in [0.1, 0.15) is 6.33 Å². The molecule has 0 aliphatic carbocycles. The van der Waals surface area contributed by atoms with Crippen molar-refractivity contribution in [3.63, 3.8) is 0 Å². The van der Waals surface area contributed by atoms with Crippen molar-refractivity contribution in [3.05, 3.63) is 31.4 Å². The van der Waals surface area contributed by atoms with Gasteiger partial charge in [-0.05, 0) is 0 Å². The first-order valence-electron chi connectivity index (χ1n) is 4.30. The molecule has 15 heavy (non-hydrogen) atoms. The average molecular weight is 203 g/mol. The lowest BCUT2D eigenvalue weighted by molar-refractivity contribution is 0.784. The SMILES string of the molecule is C=CCNc1nnc(-n2ccnc2)nn1. The number of imidazole rings is 1. The first kappa shape index (κ1) is 9.25. The average Bonchev–Trinajstić information content (AvgIpc) is 2.80. The van der Waals surface area contributed by atoms with Crippen LogP contribution in [0.15, 0.2) is 31.4 Å². The Balaban J connectivity index is 2.14. The molecule has 2 aromatic rings. The molecule has 0 aliphatic heterocycles. The van der Waals surface area contributed by atoms with Gasteiger partial charge in [-0.3, -0.25) is 4.57 Å². The normalized spacial score (nSPS) is 9.87. The van der Waals surface area contributed by atoms with E-state index in [1.165, 1.54) is 0 Å². The van der Waals surface area contributed by atoms with Crippen molar-refractivity contribution in [1.82, 2.24) is 29.9 Å². The predicted octanol–water partition coefficient (Wildman–Crippen LogP) is 0.0502. The van der Waals surface area contributed by atoms with Crippen LogP contribution in [0.4, 0.5) is 5.95 Å². The van der Waals surface area contributed by atoms with E-state index in [2.05, 4.69) is 37.3 Å². The Morgan fingerprint density at radius 1 is 1.33 bits per heavy atom. The molecular weight excluding hydrogens is 194 g/mol. The standard InChI is InChI=1S/C8H9N7/c1-2-3-10-7-11-13-8(14-12-7)15-5-4-9-6-15/h2,4-6H,1,3H2,(H,10,11,12). The number of hydrogen-bond acceptors (Lipinski definition) is 6. The van der Waals surface area contributed by atoms with E-state index in [0.29, 0.717) is 18.4 Å². The number of nitrogens with one attached hydrogen (secondary N) is 1. The van der Waals surface area contributed by atoms with E-state index in [0.717, 1.165) is 0 Å². The lowest BCUT2D eigenvalue weighted by Crippen LogP contribution is -2.09. The van der Waals surface area contributed by atoms with Gasteiger partial charge < -0.3 is 5.32 Å². The summed E-state index contributed by atoms with van der Waals surface area (Å²) in [5, 5.41) is 18.3. The highest BCUT2D eigenvalue weighted by atomic mass is 15.4. The molecule has 7 heteroatoms. The van der Waals surface area contributed by atoms with Gasteiger partial charge in [-0.15, -0.1) is 27.0 Å². The van der Waals surface area contributed by atoms with Crippen molar-refractivity contribution in [2.24, 2.45) is 0 Å². The lowest BCUT2D eigenvalue weighted by Gasteiger charge is -2.00. The van der Waals surface area contributed by atoms with E-state index in [-0.39, 0.29) is 0 Å². The minimum atomic E-state index is 0.374. The van der Waals surface area contributed by atoms with Gasteiger partial charge >= 0.3 is 0 Å². The fourth-order valence-corrected chi connectivity index (χ4v) is 0.939. The van der Waals surface area contributed by atoms with E-state index >= 15 is 0 Å². The van der Waals surface area contributed by atoms with Crippen molar-refractivity contribution in [2.75, 3.05) is 11.9 Å². The van der Waals surface area contributed by atoms with E-state index < -0.39 is 0 Å². The molecule has 0 amide bonds. The van der Waals surface area contributed by atoms with Crippen LogP contribution in [0.3, 0.4) is 0 Å². The molecule has 0 radical (unpaired) electrons. The minimum absolute atomic E-state index is 0.374. The largest absolute Gasteiger partial charge is 0.348 e. The zero-order chi connectivity index (χ0) is 10.5. The van der Waals surface area contributed by atoms with Crippen LogP contribution >= 0.6 is 0 Å². The molecule has 0 saturated carbocycles. The van der Waals surface area contributed by atoms with Crippen LogP contribution in [0.2, 0.25) is 0 Å². The second-order valence-electron chi connectivity index (χ2n) is 2.66. The number of rotatable bonds is 4. The van der Waals surface area contributed by atoms with Gasteiger partial charge in [-0.25, -0.2) is 4.98 Å². The Morgan fingerprint density at radius 3 is 2.73 bits per heavy atom. The highest BCUT2D eigenvalue weighted by Crippen LogP contribution is 1.97. The van der Waals surface area contributed by atoms with Crippen LogP contribution in [0.1, 0.15) is 0 Å². The molecule has 0 saturated heterocycles. The molecule has 2 rings (SSSR count). The van der Waals surface area contributed by atoms with Crippen molar-refractivity contribution in [3.8, 4) is 5.95 Å². The Kier molecular flexibility index (Phi) is 2.63. The van der Waals surface area contributed by atoms with Gasteiger partial charge in [0.25, 0.3) is 11.9 Å². The van der Waals surface area contributed by atoms with Crippen molar-refractivity contribution in [1.29, 1.82) is 0 Å². The monoisotopic (exact) mass is 203 g/mol. The maximum absolute atomic E-state index is 3.88. The summed E-state index contributed by atoms with van der Waals surface area (Å²) in [6.07, 6.45) is 6.63. The van der Waals surface area contributed by atoms with Gasteiger partial charge in [0.15, 0.2) is 0 Å². The molecule has 2 heterocycles. The Labute approximate surface area is 85.9 Å². The smallest absolute Gasteiger partial charge is 0.274 e. The van der Waals surface area contributed by atoms with Crippen molar-refractivity contribution < 1.29 is 0 Å². The van der Waals surface area contributed by atoms with Crippen LogP contribution in [0.25, 0.3) is 5.95 Å². The third-order valence-electron chi connectivity index (χ3n) is 1.61. The van der Waals surface area contributed by atoms with Gasteiger partial charge in [0.05, 0.1) is 0 Å². The minimum Gasteiger partial charge on any atom is -0.348 e. The van der Waals surface area contributed by atoms with Gasteiger partial charge in [-0.1, -0.05) is 6.08 Å². The number of hydrogen-bond donors (Lipinski definition) is 1. The summed E-state index contributed by atoms with van der Waals surface area (Å²) in [5.41, 5.74) is 0. The van der Waals surface area contributed by atoms with Gasteiger partial charge in [0.2, 0.25) is 0 Å². The summed E-state index contributed by atoms with van der Waals surface area (Å²) in [7, 11) is 0. The molecule has 0 atom stereocenters. The molecule has 2 aromatic heterocycles. The van der Waals surface area contributed by atoms with Crippen LogP contribution in [-0.2, 0) is 0 Å². The quantitative estimate of drug-likeness (QED) is 0.707. The first-order valence-corrected chi connectivity index (χ1v) is 4.30. The maximum Gasteiger partial charge on any atom is 0.274 e. The van der Waals surface area contributed by atoms with Crippen molar-refractivity contribution >= 4 is 5.95 Å². The Bertz CT molecular complexity index is 419. The molecule has 0 spiro atoms. The van der Waals surface area contributed by atoms with E-state index in [1.807, 2.05) is 0 Å². The Morgan fingerprint density at radius 2 is 2.13 bits per heavy atom. The summed E-state index contributed by atoms with van der Waals surface area (Å²) in [5.74, 6) is 0.760. The Hall–Kier alpha value is -2.31. The topological polar surface area (TPSA) is 81.4 Å². The molecule has 1 N–H and O–H groups in total. The predicted molar refractivity (Wildman–Crippen MR) is 53.4 cm³/mol. The third-order valence-corrected chi connectivity index (χ3v) is 1.61. The fourth-order valence-electron chi connectivity index (χ4n) is 0.939. The highest BCUT2D eigenvalue weighted by Gasteiger charge is 2.01. The highest BCUT2D eigenvalue weighted by molar-refractivity contribution is 5.21. The van der Waals surface area contributed by atoms with Crippen LogP contribution in [0.5, 0.6) is 0 Å². The van der Waals surface area contributed by atoms with E-state index in [1.54, 1.807) is 29.4 Å². The zero-order valence-electron chi connectivity index (χ0n) is 7.91. The molecule has 0 aromatic carbocycles. The number of nitrogens with zero attached hydrogens (tertiary/aromatic N) is 6. The molecule has 0 fully saturated rings. The summed E-state index contributed by atoms with van der Waals surface area (Å²) >= 11 is 0. The molecule has 0 unspecified atom stereocenters. The van der Waals surface area contributed by atoms with Gasteiger partial charge in [-0.2, -0.15) is 0 Å². The molecule has 0 bridgehead atoms. The summed E-state index contributed by atoms with van der Waals surface area (Å²) in [6, 6.07) is 0. The molecule has 7 nitrogen and oxygen atoms in total. The van der Waals surface area contributed by atoms with Crippen LogP contribution in [0, 0.1) is 0 Å². The van der Waals surface area contributed by atoms with E-state index in [4.69, 9.17) is 0 Å². The zero-order valence-corrected chi connectivity index (χ0v) is 7.91. The summed E-state index contributed by atoms with van der Waals surface area (Å²) in [6.45, 7) is 4.14. The summed E-state index contributed by atoms with van der Waals surface area (Å²) < 4.78 is 1.62.